The van der Waals surface area contributed by atoms with E-state index in [1.54, 1.807) is 26.4 Å². The van der Waals surface area contributed by atoms with Crippen LogP contribution < -0.4 is 0 Å². The molecule has 0 radical (unpaired) electrons. The van der Waals surface area contributed by atoms with Gasteiger partial charge in [0.2, 0.25) is 10.0 Å². The highest BCUT2D eigenvalue weighted by atomic mass is 32.2. The Morgan fingerprint density at radius 3 is 2.25 bits per heavy atom. The first-order valence-corrected chi connectivity index (χ1v) is 9.51. The lowest BCUT2D eigenvalue weighted by Crippen LogP contribution is -2.32. The molecule has 1 fully saturated rings. The van der Waals surface area contributed by atoms with Crippen LogP contribution in [0.4, 0.5) is 0 Å². The van der Waals surface area contributed by atoms with Gasteiger partial charge < -0.3 is 9.47 Å². The molecule has 2 rings (SSSR count). The SMILES string of the molecule is COC(OC)[C@H]1CN(S(=O)(=O)c2ccc(C)cc2)C[C@@H]1C=C(C)C. The lowest BCUT2D eigenvalue weighted by atomic mass is 9.93. The Hall–Kier alpha value is -1.21. The molecule has 1 saturated heterocycles. The van der Waals surface area contributed by atoms with Gasteiger partial charge in [-0.3, -0.25) is 0 Å². The van der Waals surface area contributed by atoms with Crippen molar-refractivity contribution in [2.24, 2.45) is 11.8 Å². The van der Waals surface area contributed by atoms with Crippen LogP contribution in [0.5, 0.6) is 0 Å². The van der Waals surface area contributed by atoms with E-state index >= 15 is 0 Å². The first-order chi connectivity index (χ1) is 11.3. The summed E-state index contributed by atoms with van der Waals surface area (Å²) in [7, 11) is -0.338. The molecule has 1 aromatic rings. The highest BCUT2D eigenvalue weighted by Gasteiger charge is 2.42. The summed E-state index contributed by atoms with van der Waals surface area (Å²) in [6, 6.07) is 6.97. The summed E-state index contributed by atoms with van der Waals surface area (Å²) in [6.07, 6.45) is 1.68. The van der Waals surface area contributed by atoms with Crippen LogP contribution in [0, 0.1) is 18.8 Å². The van der Waals surface area contributed by atoms with E-state index in [2.05, 4.69) is 6.08 Å². The van der Waals surface area contributed by atoms with E-state index in [-0.39, 0.29) is 11.8 Å². The van der Waals surface area contributed by atoms with Crippen LogP contribution >= 0.6 is 0 Å². The van der Waals surface area contributed by atoms with Crippen LogP contribution in [0.25, 0.3) is 0 Å². The van der Waals surface area contributed by atoms with Gasteiger partial charge in [-0.2, -0.15) is 4.31 Å². The van der Waals surface area contributed by atoms with Gasteiger partial charge in [0, 0.05) is 33.2 Å². The van der Waals surface area contributed by atoms with E-state index in [1.807, 2.05) is 32.9 Å². The quantitative estimate of drug-likeness (QED) is 0.583. The molecule has 1 aliphatic heterocycles. The van der Waals surface area contributed by atoms with Crippen molar-refractivity contribution < 1.29 is 17.9 Å². The Balaban J connectivity index is 2.31. The van der Waals surface area contributed by atoms with Crippen LogP contribution in [-0.2, 0) is 19.5 Å². The van der Waals surface area contributed by atoms with Gasteiger partial charge in [0.05, 0.1) is 4.90 Å². The zero-order chi connectivity index (χ0) is 17.9. The molecule has 0 amide bonds. The predicted molar refractivity (Wildman–Crippen MR) is 94.2 cm³/mol. The van der Waals surface area contributed by atoms with Gasteiger partial charge in [-0.25, -0.2) is 8.42 Å². The van der Waals surface area contributed by atoms with E-state index in [1.165, 1.54) is 4.31 Å². The third-order valence-corrected chi connectivity index (χ3v) is 6.25. The summed E-state index contributed by atoms with van der Waals surface area (Å²) in [5, 5.41) is 0. The normalized spacial score (nSPS) is 22.1. The molecule has 0 aromatic heterocycles. The van der Waals surface area contributed by atoms with Crippen LogP contribution in [-0.4, -0.2) is 46.3 Å². The zero-order valence-electron chi connectivity index (χ0n) is 15.0. The predicted octanol–water partition coefficient (Wildman–Crippen LogP) is 2.82. The molecule has 1 aliphatic rings. The van der Waals surface area contributed by atoms with Crippen molar-refractivity contribution in [3.8, 4) is 0 Å². The molecule has 24 heavy (non-hydrogen) atoms. The molecule has 2 atom stereocenters. The summed E-state index contributed by atoms with van der Waals surface area (Å²) in [6.45, 7) is 6.80. The van der Waals surface area contributed by atoms with Crippen molar-refractivity contribution in [2.45, 2.75) is 32.0 Å². The smallest absolute Gasteiger partial charge is 0.243 e. The molecule has 6 heteroatoms. The van der Waals surface area contributed by atoms with E-state index in [0.29, 0.717) is 18.0 Å². The number of benzene rings is 1. The Morgan fingerprint density at radius 2 is 1.75 bits per heavy atom. The minimum Gasteiger partial charge on any atom is -0.356 e. The molecule has 134 valence electrons. The third-order valence-electron chi connectivity index (χ3n) is 4.40. The van der Waals surface area contributed by atoms with Crippen molar-refractivity contribution in [2.75, 3.05) is 27.3 Å². The van der Waals surface area contributed by atoms with E-state index in [0.717, 1.165) is 11.1 Å². The van der Waals surface area contributed by atoms with Gasteiger partial charge >= 0.3 is 0 Å². The molecule has 0 spiro atoms. The van der Waals surface area contributed by atoms with Crippen LogP contribution in [0.2, 0.25) is 0 Å². The second-order valence-electron chi connectivity index (χ2n) is 6.55. The molecule has 0 saturated carbocycles. The van der Waals surface area contributed by atoms with E-state index < -0.39 is 16.3 Å². The second-order valence-corrected chi connectivity index (χ2v) is 8.48. The van der Waals surface area contributed by atoms with Gasteiger partial charge in [0.25, 0.3) is 0 Å². The van der Waals surface area contributed by atoms with Crippen LogP contribution in [0.15, 0.2) is 40.8 Å². The number of nitrogens with zero attached hydrogens (tertiary/aromatic N) is 1. The summed E-state index contributed by atoms with van der Waals surface area (Å²) >= 11 is 0. The number of ether oxygens (including phenoxy) is 2. The fourth-order valence-electron chi connectivity index (χ4n) is 3.21. The largest absolute Gasteiger partial charge is 0.356 e. The number of sulfonamides is 1. The Kier molecular flexibility index (Phi) is 6.20. The number of allylic oxidation sites excluding steroid dienone is 1. The number of rotatable bonds is 6. The van der Waals surface area contributed by atoms with Crippen LogP contribution in [0.3, 0.4) is 0 Å². The molecule has 0 unspecified atom stereocenters. The molecular weight excluding hydrogens is 326 g/mol. The maximum Gasteiger partial charge on any atom is 0.243 e. The minimum absolute atomic E-state index is 0.0323. The van der Waals surface area contributed by atoms with Crippen molar-refractivity contribution in [3.63, 3.8) is 0 Å². The maximum absolute atomic E-state index is 12.9. The monoisotopic (exact) mass is 353 g/mol. The van der Waals surface area contributed by atoms with Gasteiger partial charge in [0.1, 0.15) is 0 Å². The first-order valence-electron chi connectivity index (χ1n) is 8.07. The Labute approximate surface area is 145 Å². The summed E-state index contributed by atoms with van der Waals surface area (Å²) < 4.78 is 38.2. The highest BCUT2D eigenvalue weighted by molar-refractivity contribution is 7.89. The Morgan fingerprint density at radius 1 is 1.17 bits per heavy atom. The standard InChI is InChI=1S/C18H27NO4S/c1-13(2)10-15-11-19(12-17(15)18(22-4)23-5)24(20,21)16-8-6-14(3)7-9-16/h6-10,15,17-18H,11-12H2,1-5H3/t15-,17-/m0/s1. The number of hydrogen-bond donors (Lipinski definition) is 0. The van der Waals surface area contributed by atoms with Crippen molar-refractivity contribution in [1.29, 1.82) is 0 Å². The average molecular weight is 353 g/mol. The van der Waals surface area contributed by atoms with E-state index in [9.17, 15) is 8.42 Å². The number of hydrogen-bond acceptors (Lipinski definition) is 4. The topological polar surface area (TPSA) is 55.8 Å². The second kappa shape index (κ2) is 7.78. The molecule has 1 aromatic carbocycles. The maximum atomic E-state index is 12.9. The summed E-state index contributed by atoms with van der Waals surface area (Å²) in [4.78, 5) is 0.330. The van der Waals surface area contributed by atoms with E-state index in [4.69, 9.17) is 9.47 Å². The molecule has 0 N–H and O–H groups in total. The average Bonchev–Trinajstić information content (AvgIpc) is 2.93. The van der Waals surface area contributed by atoms with Crippen LogP contribution in [0.1, 0.15) is 19.4 Å². The van der Waals surface area contributed by atoms with Gasteiger partial charge in [0.15, 0.2) is 6.29 Å². The lowest BCUT2D eigenvalue weighted by Gasteiger charge is -2.24. The molecule has 5 nitrogen and oxygen atoms in total. The fourth-order valence-corrected chi connectivity index (χ4v) is 4.72. The van der Waals surface area contributed by atoms with Gasteiger partial charge in [-0.1, -0.05) is 29.3 Å². The summed E-state index contributed by atoms with van der Waals surface area (Å²) in [5.74, 6) is 0.0373. The molecule has 1 heterocycles. The zero-order valence-corrected chi connectivity index (χ0v) is 15.8. The summed E-state index contributed by atoms with van der Waals surface area (Å²) in [5.41, 5.74) is 2.19. The highest BCUT2D eigenvalue weighted by Crippen LogP contribution is 2.33. The molecule has 0 bridgehead atoms. The minimum atomic E-state index is -3.51. The molecule has 0 aliphatic carbocycles. The first kappa shape index (κ1) is 19.1. The number of methoxy groups -OCH3 is 2. The van der Waals surface area contributed by atoms with Gasteiger partial charge in [-0.15, -0.1) is 0 Å². The van der Waals surface area contributed by atoms with Crippen molar-refractivity contribution in [3.05, 3.63) is 41.5 Å². The van der Waals surface area contributed by atoms with Crippen molar-refractivity contribution >= 4 is 10.0 Å². The molecular formula is C18H27NO4S. The van der Waals surface area contributed by atoms with Crippen molar-refractivity contribution in [1.82, 2.24) is 4.31 Å². The lowest BCUT2D eigenvalue weighted by molar-refractivity contribution is -0.138. The number of aryl methyl sites for hydroxylation is 1. The third kappa shape index (κ3) is 4.06. The van der Waals surface area contributed by atoms with Gasteiger partial charge in [-0.05, 0) is 38.8 Å². The Bertz CT molecular complexity index is 673. The fraction of sp³-hybridized carbons (Fsp3) is 0.556.